The van der Waals surface area contributed by atoms with Gasteiger partial charge in [-0.2, -0.15) is 0 Å². The molecule has 0 aliphatic heterocycles. The molecule has 1 fully saturated rings. The highest BCUT2D eigenvalue weighted by Gasteiger charge is 2.47. The number of aliphatic hydroxyl groups is 1. The van der Waals surface area contributed by atoms with Crippen LogP contribution in [0.5, 0.6) is 5.75 Å². The van der Waals surface area contributed by atoms with E-state index in [-0.39, 0.29) is 24.6 Å². The minimum atomic E-state index is -0.318. The van der Waals surface area contributed by atoms with Crippen LogP contribution in [0.1, 0.15) is 27.9 Å². The van der Waals surface area contributed by atoms with E-state index in [4.69, 9.17) is 9.47 Å². The van der Waals surface area contributed by atoms with Crippen LogP contribution in [0, 0.1) is 17.8 Å². The van der Waals surface area contributed by atoms with Gasteiger partial charge in [0, 0.05) is 12.5 Å². The second-order valence-corrected chi connectivity index (χ2v) is 8.90. The number of hydrogen-bond acceptors (Lipinski definition) is 4. The first kappa shape index (κ1) is 20.8. The van der Waals surface area contributed by atoms with Gasteiger partial charge >= 0.3 is 5.97 Å². The van der Waals surface area contributed by atoms with Gasteiger partial charge in [0.05, 0.1) is 12.7 Å². The van der Waals surface area contributed by atoms with Gasteiger partial charge in [-0.3, -0.25) is 0 Å². The first-order valence-corrected chi connectivity index (χ1v) is 11.3. The van der Waals surface area contributed by atoms with Gasteiger partial charge in [0.2, 0.25) is 0 Å². The largest absolute Gasteiger partial charge is 0.496 e. The molecule has 4 atom stereocenters. The molecular formula is C28H28O4. The summed E-state index contributed by atoms with van der Waals surface area (Å²) < 4.78 is 11.5. The molecule has 0 amide bonds. The van der Waals surface area contributed by atoms with Crippen LogP contribution in [0.15, 0.2) is 72.8 Å². The van der Waals surface area contributed by atoms with E-state index in [2.05, 4.69) is 6.07 Å². The Labute approximate surface area is 188 Å². The van der Waals surface area contributed by atoms with E-state index in [9.17, 15) is 9.90 Å². The molecule has 164 valence electrons. The van der Waals surface area contributed by atoms with Crippen LogP contribution in [-0.2, 0) is 17.6 Å². The third-order valence-corrected chi connectivity index (χ3v) is 7.24. The molecule has 1 N–H and O–H groups in total. The van der Waals surface area contributed by atoms with Crippen molar-refractivity contribution in [1.29, 1.82) is 0 Å². The molecule has 0 saturated heterocycles. The fraction of sp³-hybridized carbons (Fsp3) is 0.321. The SMILES string of the molecule is COc1cccc2c1CC1CC(OC(=O)c3ccc(-c4ccccc4)cc3)[C@H](CO)[C@H]1C2. The van der Waals surface area contributed by atoms with Crippen LogP contribution < -0.4 is 4.74 Å². The molecule has 3 aromatic rings. The summed E-state index contributed by atoms with van der Waals surface area (Å²) in [5.41, 5.74) is 5.27. The number of methoxy groups -OCH3 is 1. The predicted molar refractivity (Wildman–Crippen MR) is 124 cm³/mol. The summed E-state index contributed by atoms with van der Waals surface area (Å²) in [6.07, 6.45) is 2.31. The number of rotatable bonds is 5. The lowest BCUT2D eigenvalue weighted by Gasteiger charge is -2.31. The van der Waals surface area contributed by atoms with E-state index in [1.807, 2.05) is 66.7 Å². The molecule has 1 saturated carbocycles. The van der Waals surface area contributed by atoms with Crippen molar-refractivity contribution < 1.29 is 19.4 Å². The van der Waals surface area contributed by atoms with Crippen LogP contribution in [0.25, 0.3) is 11.1 Å². The van der Waals surface area contributed by atoms with E-state index in [0.29, 0.717) is 17.4 Å². The molecule has 5 rings (SSSR count). The zero-order valence-electron chi connectivity index (χ0n) is 18.2. The van der Waals surface area contributed by atoms with Crippen LogP contribution in [0.4, 0.5) is 0 Å². The molecule has 0 radical (unpaired) electrons. The lowest BCUT2D eigenvalue weighted by Crippen LogP contribution is -2.31. The Morgan fingerprint density at radius 2 is 1.69 bits per heavy atom. The maximum atomic E-state index is 12.9. The second-order valence-electron chi connectivity index (χ2n) is 8.90. The molecule has 2 unspecified atom stereocenters. The Hall–Kier alpha value is -3.11. The highest BCUT2D eigenvalue weighted by molar-refractivity contribution is 5.90. The summed E-state index contributed by atoms with van der Waals surface area (Å²) >= 11 is 0. The quantitative estimate of drug-likeness (QED) is 0.586. The molecule has 0 bridgehead atoms. The number of aliphatic hydroxyl groups excluding tert-OH is 1. The Bertz CT molecular complexity index is 1090. The van der Waals surface area contributed by atoms with E-state index in [1.54, 1.807) is 7.11 Å². The highest BCUT2D eigenvalue weighted by atomic mass is 16.5. The normalized spacial score (nSPS) is 23.8. The Morgan fingerprint density at radius 1 is 0.938 bits per heavy atom. The van der Waals surface area contributed by atoms with Gasteiger partial charge in [-0.1, -0.05) is 54.6 Å². The molecule has 2 aliphatic rings. The Balaban J connectivity index is 1.30. The number of fused-ring (bicyclic) bond motifs is 2. The maximum Gasteiger partial charge on any atom is 0.338 e. The Kier molecular flexibility index (Phi) is 5.71. The van der Waals surface area contributed by atoms with Gasteiger partial charge in [-0.05, 0) is 71.6 Å². The number of carbonyl (C=O) groups is 1. The van der Waals surface area contributed by atoms with Crippen LogP contribution >= 0.6 is 0 Å². The van der Waals surface area contributed by atoms with E-state index in [0.717, 1.165) is 36.1 Å². The third-order valence-electron chi connectivity index (χ3n) is 7.24. The average Bonchev–Trinajstić information content (AvgIpc) is 3.18. The van der Waals surface area contributed by atoms with Crippen molar-refractivity contribution in [2.45, 2.75) is 25.4 Å². The monoisotopic (exact) mass is 428 g/mol. The van der Waals surface area contributed by atoms with Crippen LogP contribution in [0.2, 0.25) is 0 Å². The van der Waals surface area contributed by atoms with Crippen molar-refractivity contribution in [1.82, 2.24) is 0 Å². The van der Waals surface area contributed by atoms with E-state index in [1.165, 1.54) is 11.1 Å². The van der Waals surface area contributed by atoms with Gasteiger partial charge < -0.3 is 14.6 Å². The first-order chi connectivity index (χ1) is 15.7. The third kappa shape index (κ3) is 3.80. The summed E-state index contributed by atoms with van der Waals surface area (Å²) in [7, 11) is 1.71. The van der Waals surface area contributed by atoms with Crippen molar-refractivity contribution in [2.24, 2.45) is 17.8 Å². The second kappa shape index (κ2) is 8.79. The predicted octanol–water partition coefficient (Wildman–Crippen LogP) is 4.93. The number of carbonyl (C=O) groups excluding carboxylic acids is 1. The van der Waals surface area contributed by atoms with Crippen LogP contribution in [-0.4, -0.2) is 30.9 Å². The van der Waals surface area contributed by atoms with Crippen molar-refractivity contribution >= 4 is 5.97 Å². The van der Waals surface area contributed by atoms with Gasteiger partial charge in [-0.15, -0.1) is 0 Å². The molecule has 0 aromatic heterocycles. The number of hydrogen-bond donors (Lipinski definition) is 1. The summed E-state index contributed by atoms with van der Waals surface area (Å²) in [6.45, 7) is 0.0331. The molecular weight excluding hydrogens is 400 g/mol. The molecule has 32 heavy (non-hydrogen) atoms. The standard InChI is InChI=1S/C28H28O4/c1-31-26-9-5-8-21-14-23-22(15-24(21)26)16-27(25(23)17-29)32-28(30)20-12-10-19(11-13-20)18-6-3-2-4-7-18/h2-13,22-23,25,27,29H,14-17H2,1H3/t22?,23-,25+,27?/m0/s1. The van der Waals surface area contributed by atoms with Crippen molar-refractivity contribution in [3.8, 4) is 16.9 Å². The topological polar surface area (TPSA) is 55.8 Å². The molecule has 4 heteroatoms. The van der Waals surface area contributed by atoms with Crippen molar-refractivity contribution in [3.63, 3.8) is 0 Å². The minimum absolute atomic E-state index is 0.0331. The summed E-state index contributed by atoms with van der Waals surface area (Å²) in [4.78, 5) is 12.9. The summed E-state index contributed by atoms with van der Waals surface area (Å²) in [5, 5.41) is 10.2. The highest BCUT2D eigenvalue weighted by Crippen LogP contribution is 2.47. The number of ether oxygens (including phenoxy) is 2. The molecule has 4 nitrogen and oxygen atoms in total. The Morgan fingerprint density at radius 3 is 2.41 bits per heavy atom. The first-order valence-electron chi connectivity index (χ1n) is 11.3. The van der Waals surface area contributed by atoms with Crippen LogP contribution in [0.3, 0.4) is 0 Å². The zero-order valence-corrected chi connectivity index (χ0v) is 18.2. The fourth-order valence-electron chi connectivity index (χ4n) is 5.59. The van der Waals surface area contributed by atoms with Gasteiger partial charge in [0.25, 0.3) is 0 Å². The smallest absolute Gasteiger partial charge is 0.338 e. The number of esters is 1. The van der Waals surface area contributed by atoms with Gasteiger partial charge in [-0.25, -0.2) is 4.79 Å². The molecule has 0 heterocycles. The van der Waals surface area contributed by atoms with E-state index >= 15 is 0 Å². The molecule has 2 aliphatic carbocycles. The summed E-state index contributed by atoms with van der Waals surface area (Å²) in [5.74, 6) is 1.28. The molecule has 0 spiro atoms. The van der Waals surface area contributed by atoms with Crippen molar-refractivity contribution in [2.75, 3.05) is 13.7 Å². The van der Waals surface area contributed by atoms with E-state index < -0.39 is 0 Å². The van der Waals surface area contributed by atoms with Crippen molar-refractivity contribution in [3.05, 3.63) is 89.5 Å². The minimum Gasteiger partial charge on any atom is -0.496 e. The summed E-state index contributed by atoms with van der Waals surface area (Å²) in [6, 6.07) is 23.8. The average molecular weight is 429 g/mol. The zero-order chi connectivity index (χ0) is 22.1. The van der Waals surface area contributed by atoms with Gasteiger partial charge in [0.15, 0.2) is 0 Å². The lowest BCUT2D eigenvalue weighted by atomic mass is 9.75. The fourth-order valence-corrected chi connectivity index (χ4v) is 5.59. The van der Waals surface area contributed by atoms with Gasteiger partial charge in [0.1, 0.15) is 11.9 Å². The number of benzene rings is 3. The maximum absolute atomic E-state index is 12.9. The molecule has 3 aromatic carbocycles. The lowest BCUT2D eigenvalue weighted by molar-refractivity contribution is 0.00766.